The number of aryl methyl sites for hydroxylation is 1. The molecule has 1 aliphatic heterocycles. The molecule has 4 rings (SSSR count). The van der Waals surface area contributed by atoms with Crippen molar-refractivity contribution in [2.75, 3.05) is 11.9 Å². The molecule has 1 aromatic heterocycles. The Kier molecular flexibility index (Phi) is 4.65. The Labute approximate surface area is 161 Å². The van der Waals surface area contributed by atoms with E-state index in [2.05, 4.69) is 15.7 Å². The monoisotopic (exact) mass is 378 g/mol. The summed E-state index contributed by atoms with van der Waals surface area (Å²) in [5.74, 6) is -1.31. The van der Waals surface area contributed by atoms with Crippen LogP contribution in [0.15, 0.2) is 48.7 Å². The van der Waals surface area contributed by atoms with Gasteiger partial charge in [-0.25, -0.2) is 4.39 Å². The van der Waals surface area contributed by atoms with E-state index in [1.165, 1.54) is 12.1 Å². The van der Waals surface area contributed by atoms with Gasteiger partial charge < -0.3 is 10.6 Å². The van der Waals surface area contributed by atoms with Crippen LogP contribution in [-0.2, 0) is 13.0 Å². The third-order valence-corrected chi connectivity index (χ3v) is 4.77. The largest absolute Gasteiger partial charge is 0.352 e. The summed E-state index contributed by atoms with van der Waals surface area (Å²) in [6.45, 7) is 2.91. The quantitative estimate of drug-likeness (QED) is 0.732. The Morgan fingerprint density at radius 1 is 1.25 bits per heavy atom. The topological polar surface area (TPSA) is 76.0 Å². The van der Waals surface area contributed by atoms with Gasteiger partial charge in [0.05, 0.1) is 11.3 Å². The van der Waals surface area contributed by atoms with E-state index in [1.54, 1.807) is 10.9 Å². The van der Waals surface area contributed by atoms with Crippen LogP contribution in [0.2, 0.25) is 0 Å². The van der Waals surface area contributed by atoms with Crippen LogP contribution in [0.5, 0.6) is 0 Å². The minimum Gasteiger partial charge on any atom is -0.352 e. The first kappa shape index (κ1) is 17.9. The summed E-state index contributed by atoms with van der Waals surface area (Å²) in [4.78, 5) is 24.8. The number of rotatable bonds is 4. The van der Waals surface area contributed by atoms with Crippen molar-refractivity contribution in [1.82, 2.24) is 15.1 Å². The molecular weight excluding hydrogens is 359 g/mol. The van der Waals surface area contributed by atoms with Crippen molar-refractivity contribution in [2.24, 2.45) is 0 Å². The molecule has 0 unspecified atom stereocenters. The molecular formula is C21H19FN4O2. The Morgan fingerprint density at radius 3 is 2.79 bits per heavy atom. The number of anilines is 1. The molecule has 28 heavy (non-hydrogen) atoms. The van der Waals surface area contributed by atoms with Crippen LogP contribution in [0, 0.1) is 5.82 Å². The van der Waals surface area contributed by atoms with Crippen molar-refractivity contribution >= 4 is 17.5 Å². The number of carbonyl (C=O) groups is 2. The second-order valence-corrected chi connectivity index (χ2v) is 6.53. The van der Waals surface area contributed by atoms with Crippen LogP contribution in [0.4, 0.5) is 10.1 Å². The minimum absolute atomic E-state index is 0.0571. The maximum Gasteiger partial charge on any atom is 0.259 e. The predicted octanol–water partition coefficient (Wildman–Crippen LogP) is 3.25. The van der Waals surface area contributed by atoms with E-state index in [4.69, 9.17) is 0 Å². The molecule has 0 aliphatic carbocycles. The van der Waals surface area contributed by atoms with Gasteiger partial charge in [0.15, 0.2) is 5.82 Å². The van der Waals surface area contributed by atoms with Crippen LogP contribution >= 0.6 is 0 Å². The lowest BCUT2D eigenvalue weighted by atomic mass is 9.98. The molecule has 142 valence electrons. The number of hydrogen-bond acceptors (Lipinski definition) is 3. The van der Waals surface area contributed by atoms with E-state index in [0.717, 1.165) is 5.56 Å². The smallest absolute Gasteiger partial charge is 0.259 e. The van der Waals surface area contributed by atoms with E-state index in [1.807, 2.05) is 37.3 Å². The molecule has 2 amide bonds. The van der Waals surface area contributed by atoms with Crippen LogP contribution < -0.4 is 10.6 Å². The van der Waals surface area contributed by atoms with E-state index in [0.29, 0.717) is 41.9 Å². The summed E-state index contributed by atoms with van der Waals surface area (Å²) in [6.07, 6.45) is 2.04. The summed E-state index contributed by atoms with van der Waals surface area (Å²) < 4.78 is 16.6. The third-order valence-electron chi connectivity index (χ3n) is 4.77. The molecule has 2 aromatic carbocycles. The molecule has 0 radical (unpaired) electrons. The minimum atomic E-state index is -0.565. The van der Waals surface area contributed by atoms with Gasteiger partial charge in [-0.15, -0.1) is 0 Å². The Balaban J connectivity index is 1.68. The fraction of sp³-hybridized carbons (Fsp3) is 0.190. The molecule has 6 nitrogen and oxygen atoms in total. The lowest BCUT2D eigenvalue weighted by molar-refractivity contribution is 0.0944. The molecule has 0 atom stereocenters. The molecule has 2 heterocycles. The van der Waals surface area contributed by atoms with E-state index < -0.39 is 11.7 Å². The zero-order valence-electron chi connectivity index (χ0n) is 15.3. The molecule has 3 aromatic rings. The average Bonchev–Trinajstić information content (AvgIpc) is 3.16. The van der Waals surface area contributed by atoms with Crippen molar-refractivity contribution in [3.05, 3.63) is 71.2 Å². The molecule has 1 aliphatic rings. The Morgan fingerprint density at radius 2 is 2.04 bits per heavy atom. The van der Waals surface area contributed by atoms with Gasteiger partial charge in [-0.1, -0.05) is 30.3 Å². The van der Waals surface area contributed by atoms with Gasteiger partial charge >= 0.3 is 0 Å². The van der Waals surface area contributed by atoms with Gasteiger partial charge in [0.25, 0.3) is 11.8 Å². The molecule has 0 spiro atoms. The SMILES string of the molecule is CCn1cc(C(=O)Nc2ccc3c(c2F)CCNC3=O)c(-c2ccccc2)n1. The second-order valence-electron chi connectivity index (χ2n) is 6.53. The highest BCUT2D eigenvalue weighted by Gasteiger charge is 2.24. The van der Waals surface area contributed by atoms with Gasteiger partial charge in [0.2, 0.25) is 0 Å². The van der Waals surface area contributed by atoms with Crippen LogP contribution in [-0.4, -0.2) is 28.1 Å². The first-order valence-electron chi connectivity index (χ1n) is 9.12. The summed E-state index contributed by atoms with van der Waals surface area (Å²) in [6, 6.07) is 12.3. The second kappa shape index (κ2) is 7.26. The first-order valence-corrected chi connectivity index (χ1v) is 9.12. The number of benzene rings is 2. The number of halogens is 1. The molecule has 7 heteroatoms. The Bertz CT molecular complexity index is 1060. The molecule has 2 N–H and O–H groups in total. The zero-order chi connectivity index (χ0) is 19.7. The normalized spacial score (nSPS) is 13.0. The third kappa shape index (κ3) is 3.15. The van der Waals surface area contributed by atoms with Crippen molar-refractivity contribution in [2.45, 2.75) is 19.9 Å². The number of hydrogen-bond donors (Lipinski definition) is 2. The number of fused-ring (bicyclic) bond motifs is 1. The van der Waals surface area contributed by atoms with Crippen LogP contribution in [0.3, 0.4) is 0 Å². The highest BCUT2D eigenvalue weighted by atomic mass is 19.1. The van der Waals surface area contributed by atoms with Gasteiger partial charge in [0.1, 0.15) is 5.69 Å². The van der Waals surface area contributed by atoms with Crippen LogP contribution in [0.25, 0.3) is 11.3 Å². The molecule has 0 saturated heterocycles. The maximum atomic E-state index is 14.9. The predicted molar refractivity (Wildman–Crippen MR) is 104 cm³/mol. The fourth-order valence-corrected chi connectivity index (χ4v) is 3.32. The first-order chi connectivity index (χ1) is 13.6. The summed E-state index contributed by atoms with van der Waals surface area (Å²) in [5, 5.41) is 9.80. The van der Waals surface area contributed by atoms with Crippen LogP contribution in [0.1, 0.15) is 33.2 Å². The highest BCUT2D eigenvalue weighted by molar-refractivity contribution is 6.08. The fourth-order valence-electron chi connectivity index (χ4n) is 3.32. The van der Waals surface area contributed by atoms with Crippen molar-refractivity contribution in [3.63, 3.8) is 0 Å². The lowest BCUT2D eigenvalue weighted by Crippen LogP contribution is -2.32. The Hall–Kier alpha value is -3.48. The average molecular weight is 378 g/mol. The molecule has 0 bridgehead atoms. The van der Waals surface area contributed by atoms with Gasteiger partial charge in [-0.3, -0.25) is 14.3 Å². The molecule has 0 saturated carbocycles. The standard InChI is InChI=1S/C21H19FN4O2/c1-2-26-12-16(19(25-26)13-6-4-3-5-7-13)21(28)24-17-9-8-15-14(18(17)22)10-11-23-20(15)27/h3-9,12H,2,10-11H2,1H3,(H,23,27)(H,24,28). The van der Waals surface area contributed by atoms with Crippen molar-refractivity contribution in [3.8, 4) is 11.3 Å². The lowest BCUT2D eigenvalue weighted by Gasteiger charge is -2.18. The number of nitrogens with one attached hydrogen (secondary N) is 2. The number of amides is 2. The number of aromatic nitrogens is 2. The van der Waals surface area contributed by atoms with Crippen molar-refractivity contribution in [1.29, 1.82) is 0 Å². The maximum absolute atomic E-state index is 14.9. The summed E-state index contributed by atoms with van der Waals surface area (Å²) in [7, 11) is 0. The van der Waals surface area contributed by atoms with Gasteiger partial charge in [-0.2, -0.15) is 5.10 Å². The van der Waals surface area contributed by atoms with E-state index >= 15 is 0 Å². The van der Waals surface area contributed by atoms with Crippen molar-refractivity contribution < 1.29 is 14.0 Å². The van der Waals surface area contributed by atoms with Gasteiger partial charge in [-0.05, 0) is 25.5 Å². The number of nitrogens with zero attached hydrogens (tertiary/aromatic N) is 2. The molecule has 0 fully saturated rings. The summed E-state index contributed by atoms with van der Waals surface area (Å²) in [5.41, 5.74) is 2.41. The van der Waals surface area contributed by atoms with E-state index in [-0.39, 0.29) is 11.6 Å². The number of carbonyl (C=O) groups excluding carboxylic acids is 2. The highest BCUT2D eigenvalue weighted by Crippen LogP contribution is 2.27. The summed E-state index contributed by atoms with van der Waals surface area (Å²) >= 11 is 0. The zero-order valence-corrected chi connectivity index (χ0v) is 15.3. The van der Waals surface area contributed by atoms with Gasteiger partial charge in [0, 0.05) is 36.0 Å². The van der Waals surface area contributed by atoms with E-state index in [9.17, 15) is 14.0 Å².